The number of hydrogen-bond donors (Lipinski definition) is 2. The average molecular weight is 308 g/mol. The molecule has 2 aromatic rings. The molecule has 0 aliphatic carbocycles. The number of carbonyl (C=O) groups is 1. The summed E-state index contributed by atoms with van der Waals surface area (Å²) in [5.41, 5.74) is 0.247. The van der Waals surface area contributed by atoms with Crippen LogP contribution in [0.3, 0.4) is 0 Å². The third kappa shape index (κ3) is 3.70. The van der Waals surface area contributed by atoms with Crippen LogP contribution in [0.2, 0.25) is 0 Å². The Morgan fingerprint density at radius 1 is 1.05 bits per heavy atom. The summed E-state index contributed by atoms with van der Waals surface area (Å²) in [7, 11) is -3.01. The van der Waals surface area contributed by atoms with Crippen molar-refractivity contribution in [3.63, 3.8) is 0 Å². The summed E-state index contributed by atoms with van der Waals surface area (Å²) in [5.74, 6) is -0.285. The summed E-state index contributed by atoms with van der Waals surface area (Å²) in [6, 6.07) is 11.7. The normalized spacial score (nSPS) is 11.0. The van der Waals surface area contributed by atoms with Gasteiger partial charge in [0.1, 0.15) is 16.8 Å². The minimum atomic E-state index is -4.51. The maximum absolute atomic E-state index is 12.0. The first kappa shape index (κ1) is 15.3. The number of rotatable bonds is 4. The van der Waals surface area contributed by atoms with Crippen LogP contribution in [0, 0.1) is 0 Å². The maximum Gasteiger partial charge on any atom is 0.359 e. The van der Waals surface area contributed by atoms with E-state index in [9.17, 15) is 19.1 Å². The fourth-order valence-electron chi connectivity index (χ4n) is 1.67. The fourth-order valence-corrected chi connectivity index (χ4v) is 2.36. The van der Waals surface area contributed by atoms with Crippen LogP contribution in [0.4, 0.5) is 0 Å². The van der Waals surface area contributed by atoms with Gasteiger partial charge < -0.3 is 19.3 Å². The zero-order valence-electron chi connectivity index (χ0n) is 11.1. The zero-order valence-corrected chi connectivity index (χ0v) is 12.0. The average Bonchev–Trinajstić information content (AvgIpc) is 2.47. The molecule has 21 heavy (non-hydrogen) atoms. The summed E-state index contributed by atoms with van der Waals surface area (Å²) in [4.78, 5) is 30.4. The molecule has 0 saturated carbocycles. The molecule has 7 heteroatoms. The van der Waals surface area contributed by atoms with Crippen molar-refractivity contribution in [2.75, 3.05) is 7.11 Å². The lowest BCUT2D eigenvalue weighted by molar-refractivity contribution is 0.0736. The van der Waals surface area contributed by atoms with Crippen LogP contribution in [-0.4, -0.2) is 22.9 Å². The molecule has 0 heterocycles. The Morgan fingerprint density at radius 2 is 1.67 bits per heavy atom. The lowest BCUT2D eigenvalue weighted by Gasteiger charge is -2.11. The van der Waals surface area contributed by atoms with E-state index in [0.29, 0.717) is 5.75 Å². The van der Waals surface area contributed by atoms with E-state index in [4.69, 9.17) is 9.47 Å². The van der Waals surface area contributed by atoms with E-state index in [1.165, 1.54) is 43.5 Å². The van der Waals surface area contributed by atoms with Gasteiger partial charge in [-0.3, -0.25) is 4.57 Å². The lowest BCUT2D eigenvalue weighted by atomic mass is 10.2. The second-order valence-electron chi connectivity index (χ2n) is 4.13. The first-order valence-electron chi connectivity index (χ1n) is 5.93. The van der Waals surface area contributed by atoms with Crippen LogP contribution in [-0.2, 0) is 4.57 Å². The molecule has 2 rings (SSSR count). The fraction of sp³-hybridized carbons (Fsp3) is 0.0714. The monoisotopic (exact) mass is 308 g/mol. The van der Waals surface area contributed by atoms with E-state index in [-0.39, 0.29) is 16.6 Å². The molecule has 0 aliphatic rings. The first-order chi connectivity index (χ1) is 9.91. The molecule has 110 valence electrons. The smallest absolute Gasteiger partial charge is 0.359 e. The molecule has 0 saturated heterocycles. The Kier molecular flexibility index (Phi) is 4.43. The highest BCUT2D eigenvalue weighted by atomic mass is 31.2. The van der Waals surface area contributed by atoms with Gasteiger partial charge in [0.25, 0.3) is 0 Å². The van der Waals surface area contributed by atoms with Crippen LogP contribution in [0.1, 0.15) is 10.4 Å². The molecular formula is C14H13O6P. The van der Waals surface area contributed by atoms with Gasteiger partial charge in [0, 0.05) is 0 Å². The van der Waals surface area contributed by atoms with Gasteiger partial charge in [-0.1, -0.05) is 12.1 Å². The van der Waals surface area contributed by atoms with Crippen molar-refractivity contribution in [3.05, 3.63) is 54.1 Å². The van der Waals surface area contributed by atoms with Gasteiger partial charge in [0.15, 0.2) is 0 Å². The molecule has 0 aliphatic heterocycles. The SMILES string of the molecule is COc1ccc(C(=O)Oc2ccccc2P(=O)(O)O)cc1. The van der Waals surface area contributed by atoms with Gasteiger partial charge in [-0.2, -0.15) is 0 Å². The van der Waals surface area contributed by atoms with Crippen LogP contribution in [0.5, 0.6) is 11.5 Å². The Morgan fingerprint density at radius 3 is 2.24 bits per heavy atom. The van der Waals surface area contributed by atoms with Gasteiger partial charge in [0.05, 0.1) is 12.7 Å². The van der Waals surface area contributed by atoms with Crippen molar-refractivity contribution in [3.8, 4) is 11.5 Å². The minimum absolute atomic E-state index is 0.161. The van der Waals surface area contributed by atoms with E-state index in [0.717, 1.165) is 0 Å². The van der Waals surface area contributed by atoms with Crippen molar-refractivity contribution in [1.82, 2.24) is 0 Å². The molecule has 0 unspecified atom stereocenters. The number of benzene rings is 2. The van der Waals surface area contributed by atoms with Gasteiger partial charge >= 0.3 is 13.6 Å². The Balaban J connectivity index is 2.25. The van der Waals surface area contributed by atoms with Gasteiger partial charge in [-0.05, 0) is 36.4 Å². The molecule has 0 fully saturated rings. The van der Waals surface area contributed by atoms with Crippen molar-refractivity contribution in [2.45, 2.75) is 0 Å². The summed E-state index contributed by atoms with van der Waals surface area (Å²) < 4.78 is 21.4. The third-order valence-corrected chi connectivity index (χ3v) is 3.70. The number of ether oxygens (including phenoxy) is 2. The Bertz CT molecular complexity index is 689. The highest BCUT2D eigenvalue weighted by Gasteiger charge is 2.23. The Hall–Kier alpha value is -2.14. The van der Waals surface area contributed by atoms with Crippen molar-refractivity contribution >= 4 is 18.9 Å². The third-order valence-electron chi connectivity index (χ3n) is 2.71. The standard InChI is InChI=1S/C14H13O6P/c1-19-11-8-6-10(7-9-11)14(15)20-12-4-2-3-5-13(12)21(16,17)18/h2-9H,1H3,(H2,16,17,18). The number of hydrogen-bond acceptors (Lipinski definition) is 4. The number of methoxy groups -OCH3 is 1. The maximum atomic E-state index is 12.0. The molecule has 0 radical (unpaired) electrons. The first-order valence-corrected chi connectivity index (χ1v) is 7.54. The molecule has 0 aromatic heterocycles. The largest absolute Gasteiger partial charge is 0.497 e. The molecule has 0 amide bonds. The number of para-hydroxylation sites is 1. The zero-order chi connectivity index (χ0) is 15.5. The van der Waals surface area contributed by atoms with Crippen molar-refractivity contribution in [2.24, 2.45) is 0 Å². The van der Waals surface area contributed by atoms with E-state index >= 15 is 0 Å². The van der Waals surface area contributed by atoms with Crippen LogP contribution in [0.15, 0.2) is 48.5 Å². The molecule has 0 bridgehead atoms. The second-order valence-corrected chi connectivity index (χ2v) is 5.70. The quantitative estimate of drug-likeness (QED) is 0.507. The van der Waals surface area contributed by atoms with Crippen LogP contribution >= 0.6 is 7.60 Å². The van der Waals surface area contributed by atoms with E-state index in [1.54, 1.807) is 12.1 Å². The van der Waals surface area contributed by atoms with Gasteiger partial charge in [-0.25, -0.2) is 4.79 Å². The topological polar surface area (TPSA) is 93.1 Å². The predicted octanol–water partition coefficient (Wildman–Crippen LogP) is 1.72. The Labute approximate surface area is 121 Å². The highest BCUT2D eigenvalue weighted by Crippen LogP contribution is 2.37. The molecule has 0 atom stereocenters. The molecule has 6 nitrogen and oxygen atoms in total. The van der Waals surface area contributed by atoms with Crippen molar-refractivity contribution < 1.29 is 28.6 Å². The van der Waals surface area contributed by atoms with Crippen LogP contribution in [0.25, 0.3) is 0 Å². The molecule has 0 spiro atoms. The summed E-state index contributed by atoms with van der Waals surface area (Å²) in [6.45, 7) is 0. The summed E-state index contributed by atoms with van der Waals surface area (Å²) in [5, 5.41) is -0.327. The van der Waals surface area contributed by atoms with E-state index < -0.39 is 13.6 Å². The minimum Gasteiger partial charge on any atom is -0.497 e. The highest BCUT2D eigenvalue weighted by molar-refractivity contribution is 7.60. The number of esters is 1. The summed E-state index contributed by atoms with van der Waals surface area (Å²) in [6.07, 6.45) is 0. The van der Waals surface area contributed by atoms with E-state index in [1.807, 2.05) is 0 Å². The second kappa shape index (κ2) is 6.10. The molecule has 2 N–H and O–H groups in total. The van der Waals surface area contributed by atoms with Crippen molar-refractivity contribution in [1.29, 1.82) is 0 Å². The summed E-state index contributed by atoms with van der Waals surface area (Å²) >= 11 is 0. The van der Waals surface area contributed by atoms with E-state index in [2.05, 4.69) is 0 Å². The number of carbonyl (C=O) groups excluding carboxylic acids is 1. The lowest BCUT2D eigenvalue weighted by Crippen LogP contribution is -2.15. The predicted molar refractivity (Wildman–Crippen MR) is 76.1 cm³/mol. The molecular weight excluding hydrogens is 295 g/mol. The van der Waals surface area contributed by atoms with Crippen LogP contribution < -0.4 is 14.8 Å². The van der Waals surface area contributed by atoms with Gasteiger partial charge in [-0.15, -0.1) is 0 Å². The molecule has 2 aromatic carbocycles. The van der Waals surface area contributed by atoms with Gasteiger partial charge in [0.2, 0.25) is 0 Å².